The molecule has 2 aliphatic rings. The SMILES string of the molecule is CC(=O)OC[C@H]1O[C@H](OC[C@H]2O[C@H](O)[C@H](OC(=O)c3ccccc3)[C@@H](OC(=O)c3ccccc3)[C@@H]2OC(=O)c2ccccc2)[C@H](OCc2ccccc2)[C@@H](OCc2ccccc2)[C@@H]1OCc1ccccc1. The number of aliphatic hydroxyl groups excluding tert-OH is 1. The first-order valence-electron chi connectivity index (χ1n) is 23.2. The average Bonchev–Trinajstić information content (AvgIpc) is 3.41. The van der Waals surface area contributed by atoms with E-state index in [-0.39, 0.29) is 43.1 Å². The number of carbonyl (C=O) groups excluding carboxylic acids is 4. The molecular formula is C56H54O15. The molecule has 0 bridgehead atoms. The molecule has 0 spiro atoms. The molecule has 0 saturated carbocycles. The zero-order chi connectivity index (χ0) is 49.4. The van der Waals surface area contributed by atoms with Gasteiger partial charge >= 0.3 is 23.9 Å². The lowest BCUT2D eigenvalue weighted by atomic mass is 9.96. The first-order chi connectivity index (χ1) is 34.7. The molecule has 1 N–H and O–H groups in total. The molecule has 2 heterocycles. The third kappa shape index (κ3) is 13.8. The van der Waals surface area contributed by atoms with Crippen molar-refractivity contribution in [3.8, 4) is 0 Å². The minimum absolute atomic E-state index is 0.0713. The Hall–Kier alpha value is -7.08. The molecule has 0 radical (unpaired) electrons. The molecule has 0 amide bonds. The molecule has 6 aromatic carbocycles. The van der Waals surface area contributed by atoms with E-state index in [0.29, 0.717) is 0 Å². The molecule has 0 aliphatic carbocycles. The summed E-state index contributed by atoms with van der Waals surface area (Å²) < 4.78 is 63.3. The molecule has 0 aromatic heterocycles. The zero-order valence-electron chi connectivity index (χ0n) is 38.8. The third-order valence-corrected chi connectivity index (χ3v) is 11.7. The maximum Gasteiger partial charge on any atom is 0.338 e. The number of hydrogen-bond donors (Lipinski definition) is 1. The van der Waals surface area contributed by atoms with Crippen LogP contribution < -0.4 is 0 Å². The maximum atomic E-state index is 14.0. The Bertz CT molecular complexity index is 2590. The van der Waals surface area contributed by atoms with Gasteiger partial charge in [-0.2, -0.15) is 0 Å². The molecule has 2 aliphatic heterocycles. The van der Waals surface area contributed by atoms with Crippen LogP contribution in [0.5, 0.6) is 0 Å². The van der Waals surface area contributed by atoms with Crippen molar-refractivity contribution in [1.29, 1.82) is 0 Å². The van der Waals surface area contributed by atoms with Crippen LogP contribution >= 0.6 is 0 Å². The largest absolute Gasteiger partial charge is 0.463 e. The van der Waals surface area contributed by atoms with Crippen LogP contribution in [0.4, 0.5) is 0 Å². The number of hydrogen-bond acceptors (Lipinski definition) is 15. The van der Waals surface area contributed by atoms with E-state index in [0.717, 1.165) is 16.7 Å². The molecule has 8 rings (SSSR count). The van der Waals surface area contributed by atoms with Gasteiger partial charge in [-0.3, -0.25) is 4.79 Å². The highest BCUT2D eigenvalue weighted by Gasteiger charge is 2.54. The highest BCUT2D eigenvalue weighted by Crippen LogP contribution is 2.34. The van der Waals surface area contributed by atoms with Gasteiger partial charge in [0.2, 0.25) is 0 Å². The van der Waals surface area contributed by atoms with Gasteiger partial charge < -0.3 is 52.5 Å². The average molecular weight is 967 g/mol. The quantitative estimate of drug-likeness (QED) is 0.0589. The maximum absolute atomic E-state index is 14.0. The first-order valence-corrected chi connectivity index (χ1v) is 23.2. The highest BCUT2D eigenvalue weighted by molar-refractivity contribution is 5.91. The predicted molar refractivity (Wildman–Crippen MR) is 254 cm³/mol. The fourth-order valence-electron chi connectivity index (χ4n) is 8.13. The summed E-state index contributed by atoms with van der Waals surface area (Å²) in [5.41, 5.74) is 2.93. The normalized spacial score (nSPS) is 24.0. The topological polar surface area (TPSA) is 181 Å². The minimum Gasteiger partial charge on any atom is -0.463 e. The van der Waals surface area contributed by atoms with Crippen molar-refractivity contribution < 1.29 is 71.7 Å². The van der Waals surface area contributed by atoms with Gasteiger partial charge in [0, 0.05) is 6.92 Å². The van der Waals surface area contributed by atoms with Crippen LogP contribution in [0.25, 0.3) is 0 Å². The fourth-order valence-corrected chi connectivity index (χ4v) is 8.13. The van der Waals surface area contributed by atoms with Gasteiger partial charge in [-0.15, -0.1) is 0 Å². The Morgan fingerprint density at radius 3 is 1.21 bits per heavy atom. The van der Waals surface area contributed by atoms with Crippen LogP contribution in [0.3, 0.4) is 0 Å². The summed E-state index contributed by atoms with van der Waals surface area (Å²) in [6.45, 7) is 0.811. The molecule has 2 saturated heterocycles. The Balaban J connectivity index is 1.15. The predicted octanol–water partition coefficient (Wildman–Crippen LogP) is 7.44. The van der Waals surface area contributed by atoms with E-state index < -0.39 is 91.9 Å². The van der Waals surface area contributed by atoms with E-state index in [4.69, 9.17) is 47.4 Å². The smallest absolute Gasteiger partial charge is 0.338 e. The Labute approximate surface area is 411 Å². The molecule has 6 aromatic rings. The molecule has 10 atom stereocenters. The van der Waals surface area contributed by atoms with E-state index in [1.807, 2.05) is 91.0 Å². The summed E-state index contributed by atoms with van der Waals surface area (Å²) in [4.78, 5) is 54.0. The van der Waals surface area contributed by atoms with Gasteiger partial charge in [-0.05, 0) is 53.1 Å². The number of aliphatic hydroxyl groups is 1. The summed E-state index contributed by atoms with van der Waals surface area (Å²) in [6.07, 6.45) is -13.7. The van der Waals surface area contributed by atoms with Crippen molar-refractivity contribution in [2.75, 3.05) is 13.2 Å². The Kier molecular flexibility index (Phi) is 17.8. The number of ether oxygens (including phenoxy) is 10. The van der Waals surface area contributed by atoms with Gasteiger partial charge in [0.15, 0.2) is 30.9 Å². The van der Waals surface area contributed by atoms with Gasteiger partial charge in [-0.25, -0.2) is 14.4 Å². The van der Waals surface area contributed by atoms with Crippen LogP contribution in [-0.2, 0) is 72.0 Å². The fraction of sp³-hybridized carbons (Fsp3) is 0.286. The van der Waals surface area contributed by atoms with Crippen LogP contribution in [0.15, 0.2) is 182 Å². The Morgan fingerprint density at radius 2 is 0.775 bits per heavy atom. The van der Waals surface area contributed by atoms with Crippen molar-refractivity contribution in [3.63, 3.8) is 0 Å². The third-order valence-electron chi connectivity index (χ3n) is 11.7. The van der Waals surface area contributed by atoms with Gasteiger partial charge in [0.05, 0.1) is 43.1 Å². The molecule has 0 unspecified atom stereocenters. The number of esters is 4. The van der Waals surface area contributed by atoms with Crippen LogP contribution in [-0.4, -0.2) is 104 Å². The minimum atomic E-state index is -1.96. The van der Waals surface area contributed by atoms with E-state index in [1.165, 1.54) is 43.3 Å². The van der Waals surface area contributed by atoms with Crippen LogP contribution in [0.2, 0.25) is 0 Å². The Morgan fingerprint density at radius 1 is 0.408 bits per heavy atom. The van der Waals surface area contributed by atoms with Gasteiger partial charge in [0.1, 0.15) is 37.1 Å². The summed E-state index contributed by atoms with van der Waals surface area (Å²) in [7, 11) is 0. The highest BCUT2D eigenvalue weighted by atomic mass is 16.7. The van der Waals surface area contributed by atoms with E-state index in [2.05, 4.69) is 0 Å². The molecule has 368 valence electrons. The second-order valence-corrected chi connectivity index (χ2v) is 16.7. The van der Waals surface area contributed by atoms with Crippen molar-refractivity contribution >= 4 is 23.9 Å². The van der Waals surface area contributed by atoms with E-state index in [1.54, 1.807) is 54.6 Å². The zero-order valence-corrected chi connectivity index (χ0v) is 38.8. The summed E-state index contributed by atoms with van der Waals surface area (Å²) >= 11 is 0. The van der Waals surface area contributed by atoms with Crippen molar-refractivity contribution in [2.24, 2.45) is 0 Å². The van der Waals surface area contributed by atoms with Crippen molar-refractivity contribution in [1.82, 2.24) is 0 Å². The van der Waals surface area contributed by atoms with E-state index in [9.17, 15) is 24.3 Å². The lowest BCUT2D eigenvalue weighted by Gasteiger charge is -2.47. The molecule has 2 fully saturated rings. The number of rotatable bonds is 20. The van der Waals surface area contributed by atoms with Gasteiger partial charge in [-0.1, -0.05) is 146 Å². The van der Waals surface area contributed by atoms with Crippen LogP contribution in [0, 0.1) is 0 Å². The molecule has 15 nitrogen and oxygen atoms in total. The first kappa shape index (κ1) is 50.3. The van der Waals surface area contributed by atoms with Crippen molar-refractivity contribution in [2.45, 2.75) is 88.2 Å². The lowest BCUT2D eigenvalue weighted by molar-refractivity contribution is -0.340. The summed E-state index contributed by atoms with van der Waals surface area (Å²) in [5.74, 6) is -3.16. The van der Waals surface area contributed by atoms with Crippen molar-refractivity contribution in [3.05, 3.63) is 215 Å². The molecular weight excluding hydrogens is 913 g/mol. The molecule has 15 heteroatoms. The summed E-state index contributed by atoms with van der Waals surface area (Å²) in [5, 5.41) is 11.8. The van der Waals surface area contributed by atoms with Crippen LogP contribution in [0.1, 0.15) is 54.7 Å². The monoisotopic (exact) mass is 966 g/mol. The lowest BCUT2D eigenvalue weighted by Crippen LogP contribution is -2.64. The van der Waals surface area contributed by atoms with Gasteiger partial charge in [0.25, 0.3) is 0 Å². The number of benzene rings is 6. The number of carbonyl (C=O) groups is 4. The summed E-state index contributed by atoms with van der Waals surface area (Å²) in [6, 6.07) is 52.5. The molecule has 71 heavy (non-hydrogen) atoms. The second kappa shape index (κ2) is 25.2. The second-order valence-electron chi connectivity index (χ2n) is 16.7. The standard InChI is InChI=1S/C56H54O15/c1-37(57)62-35-44-46(63-32-38-20-8-2-9-21-38)48(64-33-39-22-10-3-11-23-39)51(65-34-40-24-12-4-13-25-40)56(68-44)66-36-45-47(69-52(58)41-26-14-5-15-27-41)49(70-53(59)42-28-16-6-17-29-42)50(55(61)67-45)71-54(60)43-30-18-7-19-31-43/h2-31,44-51,55-56,61H,32-36H2,1H3/t44-,45-,46-,47-,48+,49+,50-,51-,55+,56+/m1/s1. The van der Waals surface area contributed by atoms with E-state index >= 15 is 0 Å².